The van der Waals surface area contributed by atoms with Gasteiger partial charge in [0.05, 0.1) is 30.3 Å². The number of hydrogen-bond acceptors (Lipinski definition) is 7. The molecule has 0 radical (unpaired) electrons. The number of benzene rings is 3. The quantitative estimate of drug-likeness (QED) is 0.187. The summed E-state index contributed by atoms with van der Waals surface area (Å²) in [5, 5.41) is 5.26. The van der Waals surface area contributed by atoms with Crippen molar-refractivity contribution in [2.24, 2.45) is 5.73 Å². The van der Waals surface area contributed by atoms with E-state index < -0.39 is 39.2 Å². The van der Waals surface area contributed by atoms with Gasteiger partial charge < -0.3 is 25.8 Å². The van der Waals surface area contributed by atoms with Crippen LogP contribution >= 0.6 is 0 Å². The molecule has 3 amide bonds. The normalized spacial score (nSPS) is 16.8. The standard InChI is InChI=1S/C32H39F2N5O6S/c1-4-5-6-22-15-21(36-32(41)37-29-17-25(31(35)40)26(33)18-27(29)34)13-14-39(22)19-20-7-9-23(10-8-20)45-24-11-12-28(30(16-24)44-2)38-46(3,42)43/h7-12,16-18,21-22,38H,4-6,13-15,19H2,1-3H3,(H2,35,40)(H2,36,37,41). The number of rotatable bonds is 13. The molecular weight excluding hydrogens is 620 g/mol. The first kappa shape index (κ1) is 34.4. The minimum Gasteiger partial charge on any atom is -0.494 e. The number of anilines is 2. The molecule has 0 saturated carbocycles. The highest BCUT2D eigenvalue weighted by Gasteiger charge is 2.29. The molecule has 2 atom stereocenters. The number of sulfonamides is 1. The molecule has 0 aliphatic carbocycles. The van der Waals surface area contributed by atoms with Gasteiger partial charge in [-0.05, 0) is 55.2 Å². The molecule has 11 nitrogen and oxygen atoms in total. The molecule has 1 saturated heterocycles. The van der Waals surface area contributed by atoms with Crippen molar-refractivity contribution in [3.05, 3.63) is 77.4 Å². The molecule has 248 valence electrons. The van der Waals surface area contributed by atoms with E-state index in [1.807, 2.05) is 24.3 Å². The number of nitrogens with zero attached hydrogens (tertiary/aromatic N) is 1. The fourth-order valence-corrected chi connectivity index (χ4v) is 5.98. The van der Waals surface area contributed by atoms with E-state index in [0.29, 0.717) is 48.4 Å². The molecule has 1 fully saturated rings. The van der Waals surface area contributed by atoms with Crippen molar-refractivity contribution in [3.63, 3.8) is 0 Å². The van der Waals surface area contributed by atoms with Gasteiger partial charge in [0, 0.05) is 37.3 Å². The summed E-state index contributed by atoms with van der Waals surface area (Å²) < 4.78 is 65.0. The molecule has 3 aromatic carbocycles. The third-order valence-electron chi connectivity index (χ3n) is 7.65. The Morgan fingerprint density at radius 1 is 1.02 bits per heavy atom. The van der Waals surface area contributed by atoms with Gasteiger partial charge in [-0.2, -0.15) is 0 Å². The zero-order valence-electron chi connectivity index (χ0n) is 25.9. The van der Waals surface area contributed by atoms with Crippen LogP contribution in [0.25, 0.3) is 0 Å². The monoisotopic (exact) mass is 659 g/mol. The van der Waals surface area contributed by atoms with E-state index in [0.717, 1.165) is 43.7 Å². The molecule has 0 bridgehead atoms. The first-order valence-electron chi connectivity index (χ1n) is 14.9. The number of nitrogens with two attached hydrogens (primary N) is 1. The van der Waals surface area contributed by atoms with E-state index in [1.165, 1.54) is 7.11 Å². The fraction of sp³-hybridized carbons (Fsp3) is 0.375. The second-order valence-corrected chi connectivity index (χ2v) is 13.0. The number of hydrogen-bond donors (Lipinski definition) is 4. The van der Waals surface area contributed by atoms with Gasteiger partial charge in [0.15, 0.2) is 0 Å². The predicted octanol–water partition coefficient (Wildman–Crippen LogP) is 5.58. The minimum atomic E-state index is -3.47. The lowest BCUT2D eigenvalue weighted by Crippen LogP contribution is -2.50. The summed E-state index contributed by atoms with van der Waals surface area (Å²) in [5.41, 5.74) is 5.69. The van der Waals surface area contributed by atoms with Gasteiger partial charge >= 0.3 is 6.03 Å². The third-order valence-corrected chi connectivity index (χ3v) is 8.24. The highest BCUT2D eigenvalue weighted by atomic mass is 32.2. The van der Waals surface area contributed by atoms with Crippen LogP contribution in [0.1, 0.15) is 54.9 Å². The fourth-order valence-electron chi connectivity index (χ4n) is 5.41. The van der Waals surface area contributed by atoms with Crippen LogP contribution in [-0.2, 0) is 16.6 Å². The molecule has 5 N–H and O–H groups in total. The van der Waals surface area contributed by atoms with Crippen molar-refractivity contribution in [2.45, 2.75) is 57.7 Å². The van der Waals surface area contributed by atoms with Crippen LogP contribution in [0.2, 0.25) is 0 Å². The summed E-state index contributed by atoms with van der Waals surface area (Å²) in [6.45, 7) is 3.55. The third kappa shape index (κ3) is 9.54. The molecule has 1 heterocycles. The Morgan fingerprint density at radius 3 is 2.39 bits per heavy atom. The van der Waals surface area contributed by atoms with Crippen molar-refractivity contribution < 1.29 is 36.3 Å². The Labute approximate surface area is 267 Å². The number of halogens is 2. The molecule has 4 rings (SSSR count). The van der Waals surface area contributed by atoms with Crippen LogP contribution in [-0.4, -0.2) is 57.3 Å². The summed E-state index contributed by atoms with van der Waals surface area (Å²) in [6.07, 6.45) is 5.41. The topological polar surface area (TPSA) is 152 Å². The maximum atomic E-state index is 14.2. The molecule has 1 aliphatic heterocycles. The number of nitrogens with one attached hydrogen (secondary N) is 3. The summed E-state index contributed by atoms with van der Waals surface area (Å²) in [7, 11) is -2.02. The van der Waals surface area contributed by atoms with Crippen LogP contribution in [0, 0.1) is 11.6 Å². The second kappa shape index (κ2) is 15.2. The first-order valence-corrected chi connectivity index (χ1v) is 16.8. The van der Waals surface area contributed by atoms with Crippen molar-refractivity contribution in [2.75, 3.05) is 29.9 Å². The summed E-state index contributed by atoms with van der Waals surface area (Å²) >= 11 is 0. The van der Waals surface area contributed by atoms with Crippen LogP contribution in [0.5, 0.6) is 17.2 Å². The lowest BCUT2D eigenvalue weighted by atomic mass is 9.93. The van der Waals surface area contributed by atoms with Gasteiger partial charge in [-0.1, -0.05) is 31.9 Å². The largest absolute Gasteiger partial charge is 0.494 e. The van der Waals surface area contributed by atoms with Crippen molar-refractivity contribution in [3.8, 4) is 17.2 Å². The van der Waals surface area contributed by atoms with Crippen molar-refractivity contribution >= 4 is 33.3 Å². The second-order valence-electron chi connectivity index (χ2n) is 11.2. The molecule has 3 aromatic rings. The average Bonchev–Trinajstić information content (AvgIpc) is 2.99. The molecule has 0 aromatic heterocycles. The van der Waals surface area contributed by atoms with Crippen LogP contribution in [0.15, 0.2) is 54.6 Å². The number of primary amides is 1. The lowest BCUT2D eigenvalue weighted by Gasteiger charge is -2.40. The Hall–Kier alpha value is -4.43. The van der Waals surface area contributed by atoms with Crippen molar-refractivity contribution in [1.29, 1.82) is 0 Å². The molecule has 0 spiro atoms. The van der Waals surface area contributed by atoms with E-state index in [4.69, 9.17) is 15.2 Å². The lowest BCUT2D eigenvalue weighted by molar-refractivity contribution is 0.0996. The van der Waals surface area contributed by atoms with Gasteiger partial charge in [-0.3, -0.25) is 14.4 Å². The molecular formula is C32H39F2N5O6S. The van der Waals surface area contributed by atoms with Crippen LogP contribution < -0.4 is 30.6 Å². The number of carbonyl (C=O) groups excluding carboxylic acids is 2. The van der Waals surface area contributed by atoms with Gasteiger partial charge in [0.25, 0.3) is 5.91 Å². The summed E-state index contributed by atoms with van der Waals surface area (Å²) in [6, 6.07) is 13.3. The Morgan fingerprint density at radius 2 is 1.74 bits per heavy atom. The Balaban J connectivity index is 1.36. The van der Waals surface area contributed by atoms with Gasteiger partial charge in [0.2, 0.25) is 10.0 Å². The van der Waals surface area contributed by atoms with Gasteiger partial charge in [0.1, 0.15) is 28.9 Å². The van der Waals surface area contributed by atoms with E-state index >= 15 is 0 Å². The maximum Gasteiger partial charge on any atom is 0.319 e. The number of likely N-dealkylation sites (tertiary alicyclic amines) is 1. The van der Waals surface area contributed by atoms with Crippen LogP contribution in [0.3, 0.4) is 0 Å². The summed E-state index contributed by atoms with van der Waals surface area (Å²) in [4.78, 5) is 26.5. The Bertz CT molecular complexity index is 1660. The number of ether oxygens (including phenoxy) is 2. The maximum absolute atomic E-state index is 14.2. The average molecular weight is 660 g/mol. The molecule has 46 heavy (non-hydrogen) atoms. The molecule has 2 unspecified atom stereocenters. The number of carbonyl (C=O) groups is 2. The van der Waals surface area contributed by atoms with Crippen LogP contribution in [0.4, 0.5) is 25.0 Å². The number of unbranched alkanes of at least 4 members (excludes halogenated alkanes) is 1. The van der Waals surface area contributed by atoms with Crippen molar-refractivity contribution in [1.82, 2.24) is 10.2 Å². The number of amides is 3. The van der Waals surface area contributed by atoms with E-state index in [-0.39, 0.29) is 17.8 Å². The zero-order chi connectivity index (χ0) is 33.4. The minimum absolute atomic E-state index is 0.163. The van der Waals surface area contributed by atoms with Gasteiger partial charge in [-0.25, -0.2) is 22.0 Å². The van der Waals surface area contributed by atoms with Gasteiger partial charge in [-0.15, -0.1) is 0 Å². The number of methoxy groups -OCH3 is 1. The summed E-state index contributed by atoms with van der Waals surface area (Å²) in [5.74, 6) is -1.76. The first-order chi connectivity index (χ1) is 21.8. The SMILES string of the molecule is CCCCC1CC(NC(=O)Nc2cc(C(N)=O)c(F)cc2F)CCN1Cc1ccc(Oc2ccc(NS(C)(=O)=O)c(OC)c2)cc1. The predicted molar refractivity (Wildman–Crippen MR) is 172 cm³/mol. The molecule has 1 aliphatic rings. The zero-order valence-corrected chi connectivity index (χ0v) is 26.8. The smallest absolute Gasteiger partial charge is 0.319 e. The Kier molecular flexibility index (Phi) is 11.4. The van der Waals surface area contributed by atoms with E-state index in [2.05, 4.69) is 27.2 Å². The van der Waals surface area contributed by atoms with E-state index in [9.17, 15) is 26.8 Å². The highest BCUT2D eigenvalue weighted by Crippen LogP contribution is 2.33. The van der Waals surface area contributed by atoms with E-state index in [1.54, 1.807) is 18.2 Å². The molecule has 14 heteroatoms. The number of urea groups is 1. The highest BCUT2D eigenvalue weighted by molar-refractivity contribution is 7.92. The number of piperidine rings is 1.